The topological polar surface area (TPSA) is 68.1 Å². The fourth-order valence-electron chi connectivity index (χ4n) is 1.51. The molecule has 0 saturated heterocycles. The number of hydrogen-bond donors (Lipinski definition) is 2. The van der Waals surface area contributed by atoms with E-state index in [2.05, 4.69) is 32.3 Å². The molecule has 0 amide bonds. The molecule has 0 aliphatic carbocycles. The highest BCUT2D eigenvalue weighted by Crippen LogP contribution is 2.26. The van der Waals surface area contributed by atoms with Crippen LogP contribution < -0.4 is 5.73 Å². The van der Waals surface area contributed by atoms with Gasteiger partial charge in [-0.25, -0.2) is 4.79 Å². The molecule has 1 heterocycles. The van der Waals surface area contributed by atoms with Crippen molar-refractivity contribution >= 4 is 45.3 Å². The van der Waals surface area contributed by atoms with Crippen molar-refractivity contribution in [2.24, 2.45) is 0 Å². The smallest absolute Gasteiger partial charge is 0.342 e. The minimum Gasteiger partial charge on any atom is -0.465 e. The number of aromatic amines is 1. The molecule has 2 rings (SSSR count). The molecule has 0 bridgehead atoms. The average Bonchev–Trinajstić information content (AvgIpc) is 2.52. The normalized spacial score (nSPS) is 10.5. The molecule has 1 aromatic carbocycles. The van der Waals surface area contributed by atoms with Crippen molar-refractivity contribution in [2.45, 2.75) is 0 Å². The summed E-state index contributed by atoms with van der Waals surface area (Å²) < 4.78 is 5.73. The number of benzene rings is 1. The number of methoxy groups -OCH3 is 1. The van der Waals surface area contributed by atoms with Gasteiger partial charge in [0.2, 0.25) is 0 Å². The minimum atomic E-state index is -0.416. The number of ether oxygens (including phenoxy) is 1. The largest absolute Gasteiger partial charge is 0.465 e. The van der Waals surface area contributed by atoms with Crippen LogP contribution in [0.2, 0.25) is 0 Å². The van der Waals surface area contributed by atoms with E-state index in [9.17, 15) is 4.79 Å². The molecule has 0 aliphatic rings. The van der Waals surface area contributed by atoms with Crippen LogP contribution in [0.25, 0.3) is 10.9 Å². The maximum Gasteiger partial charge on any atom is 0.342 e. The number of anilines is 1. The molecule has 15 heavy (non-hydrogen) atoms. The van der Waals surface area contributed by atoms with E-state index in [4.69, 9.17) is 5.73 Å². The highest BCUT2D eigenvalue weighted by Gasteiger charge is 2.17. The first-order chi connectivity index (χ1) is 7.13. The Morgan fingerprint density at radius 2 is 2.27 bits per heavy atom. The first-order valence-corrected chi connectivity index (χ1v) is 5.36. The third-order valence-electron chi connectivity index (χ3n) is 2.18. The number of aromatic nitrogens is 1. The Kier molecular flexibility index (Phi) is 2.56. The van der Waals surface area contributed by atoms with E-state index in [0.29, 0.717) is 11.4 Å². The number of carbonyl (C=O) groups excluding carboxylic acids is 1. The molecule has 0 radical (unpaired) electrons. The van der Waals surface area contributed by atoms with Crippen LogP contribution in [-0.4, -0.2) is 18.1 Å². The van der Waals surface area contributed by atoms with Crippen LogP contribution in [0.5, 0.6) is 0 Å². The van der Waals surface area contributed by atoms with E-state index in [0.717, 1.165) is 14.5 Å². The predicted octanol–water partition coefficient (Wildman–Crippen LogP) is 2.14. The van der Waals surface area contributed by atoms with Crippen molar-refractivity contribution in [3.8, 4) is 0 Å². The summed E-state index contributed by atoms with van der Waals surface area (Å²) >= 11 is 2.18. The number of hydrogen-bond acceptors (Lipinski definition) is 3. The van der Waals surface area contributed by atoms with E-state index in [1.165, 1.54) is 7.11 Å². The standard InChI is InChI=1S/C10H9IN2O2/c1-15-10(14)8-6-4-5(11)2-3-7(6)13-9(8)12/h2-4,13H,12H2,1H3. The van der Waals surface area contributed by atoms with Gasteiger partial charge >= 0.3 is 5.97 Å². The first kappa shape index (κ1) is 10.3. The van der Waals surface area contributed by atoms with Gasteiger partial charge in [0.05, 0.1) is 7.11 Å². The summed E-state index contributed by atoms with van der Waals surface area (Å²) in [5.74, 6) is -0.0698. The van der Waals surface area contributed by atoms with Crippen molar-refractivity contribution in [1.82, 2.24) is 4.98 Å². The lowest BCUT2D eigenvalue weighted by Gasteiger charge is -1.98. The molecule has 1 aromatic heterocycles. The molecule has 0 atom stereocenters. The number of halogens is 1. The third kappa shape index (κ3) is 1.67. The molecular formula is C10H9IN2O2. The zero-order valence-corrected chi connectivity index (χ0v) is 10.2. The molecule has 0 aliphatic heterocycles. The number of H-pyrrole nitrogens is 1. The van der Waals surface area contributed by atoms with Crippen molar-refractivity contribution in [3.63, 3.8) is 0 Å². The van der Waals surface area contributed by atoms with Crippen LogP contribution in [0.4, 0.5) is 5.82 Å². The van der Waals surface area contributed by atoms with Gasteiger partial charge in [-0.3, -0.25) is 0 Å². The number of carbonyl (C=O) groups is 1. The zero-order valence-electron chi connectivity index (χ0n) is 8.00. The van der Waals surface area contributed by atoms with E-state index in [1.54, 1.807) is 0 Å². The second-order valence-corrected chi connectivity index (χ2v) is 4.34. The third-order valence-corrected chi connectivity index (χ3v) is 2.85. The Morgan fingerprint density at radius 3 is 2.93 bits per heavy atom. The van der Waals surface area contributed by atoms with Gasteiger partial charge in [0.25, 0.3) is 0 Å². The van der Waals surface area contributed by atoms with Crippen LogP contribution in [-0.2, 0) is 4.74 Å². The van der Waals surface area contributed by atoms with Crippen LogP contribution in [0.1, 0.15) is 10.4 Å². The summed E-state index contributed by atoms with van der Waals surface area (Å²) in [5.41, 5.74) is 6.97. The van der Waals surface area contributed by atoms with Crippen LogP contribution in [0.15, 0.2) is 18.2 Å². The Balaban J connectivity index is 2.76. The summed E-state index contributed by atoms with van der Waals surface area (Å²) in [7, 11) is 1.34. The molecule has 4 nitrogen and oxygen atoms in total. The first-order valence-electron chi connectivity index (χ1n) is 4.28. The van der Waals surface area contributed by atoms with Crippen molar-refractivity contribution in [1.29, 1.82) is 0 Å². The quantitative estimate of drug-likeness (QED) is 0.626. The lowest BCUT2D eigenvalue weighted by molar-refractivity contribution is 0.0604. The maximum atomic E-state index is 11.5. The van der Waals surface area contributed by atoms with E-state index in [1.807, 2.05) is 18.2 Å². The van der Waals surface area contributed by atoms with Crippen LogP contribution in [0, 0.1) is 3.57 Å². The Hall–Kier alpha value is -1.24. The molecule has 3 N–H and O–H groups in total. The molecule has 0 saturated carbocycles. The van der Waals surface area contributed by atoms with Crippen molar-refractivity contribution in [3.05, 3.63) is 27.3 Å². The van der Waals surface area contributed by atoms with Gasteiger partial charge in [0.1, 0.15) is 11.4 Å². The van der Waals surface area contributed by atoms with Gasteiger partial charge < -0.3 is 15.5 Å². The number of esters is 1. The van der Waals surface area contributed by atoms with Gasteiger partial charge in [-0.15, -0.1) is 0 Å². The summed E-state index contributed by atoms with van der Waals surface area (Å²) in [6, 6.07) is 5.73. The van der Waals surface area contributed by atoms with E-state index >= 15 is 0 Å². The van der Waals surface area contributed by atoms with Gasteiger partial charge in [-0.1, -0.05) is 0 Å². The number of fused-ring (bicyclic) bond motifs is 1. The Bertz CT molecular complexity index is 533. The summed E-state index contributed by atoms with van der Waals surface area (Å²) in [5, 5.41) is 0.797. The van der Waals surface area contributed by atoms with Gasteiger partial charge in [0.15, 0.2) is 0 Å². The van der Waals surface area contributed by atoms with Crippen molar-refractivity contribution in [2.75, 3.05) is 12.8 Å². The molecular weight excluding hydrogens is 307 g/mol. The van der Waals surface area contributed by atoms with Gasteiger partial charge in [-0.05, 0) is 40.8 Å². The number of nitrogens with one attached hydrogen (secondary N) is 1. The number of rotatable bonds is 1. The second kappa shape index (κ2) is 3.73. The lowest BCUT2D eigenvalue weighted by atomic mass is 10.1. The van der Waals surface area contributed by atoms with Crippen LogP contribution in [0.3, 0.4) is 0 Å². The SMILES string of the molecule is COC(=O)c1c(N)[nH]c2ccc(I)cc12. The van der Waals surface area contributed by atoms with Gasteiger partial charge in [-0.2, -0.15) is 0 Å². The monoisotopic (exact) mass is 316 g/mol. The minimum absolute atomic E-state index is 0.346. The fraction of sp³-hybridized carbons (Fsp3) is 0.100. The number of nitrogens with two attached hydrogens (primary N) is 1. The summed E-state index contributed by atoms with van der Waals surface area (Å²) in [6.45, 7) is 0. The van der Waals surface area contributed by atoms with Crippen LogP contribution >= 0.6 is 22.6 Å². The lowest BCUT2D eigenvalue weighted by Crippen LogP contribution is -2.03. The molecule has 0 unspecified atom stereocenters. The highest BCUT2D eigenvalue weighted by atomic mass is 127. The maximum absolute atomic E-state index is 11.5. The number of nitrogen functional groups attached to an aromatic ring is 1. The van der Waals surface area contributed by atoms with Crippen molar-refractivity contribution < 1.29 is 9.53 Å². The molecule has 78 valence electrons. The summed E-state index contributed by atoms with van der Waals surface area (Å²) in [6.07, 6.45) is 0. The average molecular weight is 316 g/mol. The molecule has 5 heteroatoms. The molecule has 0 fully saturated rings. The zero-order chi connectivity index (χ0) is 11.0. The van der Waals surface area contributed by atoms with E-state index < -0.39 is 5.97 Å². The predicted molar refractivity (Wildman–Crippen MR) is 66.8 cm³/mol. The highest BCUT2D eigenvalue weighted by molar-refractivity contribution is 14.1. The Morgan fingerprint density at radius 1 is 1.53 bits per heavy atom. The Labute approximate surface area is 99.9 Å². The fourth-order valence-corrected chi connectivity index (χ4v) is 2.00. The molecule has 2 aromatic rings. The van der Waals surface area contributed by atoms with E-state index in [-0.39, 0.29) is 0 Å². The van der Waals surface area contributed by atoms with Gasteiger partial charge in [0, 0.05) is 14.5 Å². The summed E-state index contributed by atoms with van der Waals surface area (Å²) in [4.78, 5) is 14.4. The molecule has 0 spiro atoms. The second-order valence-electron chi connectivity index (χ2n) is 3.10.